The summed E-state index contributed by atoms with van der Waals surface area (Å²) in [6, 6.07) is 11.5. The third-order valence-corrected chi connectivity index (χ3v) is 7.67. The molecule has 9 nitrogen and oxygen atoms in total. The second-order valence-electron chi connectivity index (χ2n) is 7.26. The molecular formula is C24H23ClN2O7S2. The highest BCUT2D eigenvalue weighted by Crippen LogP contribution is 2.35. The van der Waals surface area contributed by atoms with Gasteiger partial charge in [-0.15, -0.1) is 11.3 Å². The maximum atomic E-state index is 13.2. The first-order chi connectivity index (χ1) is 17.1. The number of rotatable bonds is 9. The van der Waals surface area contributed by atoms with E-state index in [-0.39, 0.29) is 44.8 Å². The van der Waals surface area contributed by atoms with E-state index in [0.29, 0.717) is 10.6 Å². The highest BCUT2D eigenvalue weighted by Gasteiger charge is 2.28. The molecule has 1 aromatic heterocycles. The lowest BCUT2D eigenvalue weighted by atomic mass is 10.1. The lowest BCUT2D eigenvalue weighted by Crippen LogP contribution is -2.19. The molecule has 0 unspecified atom stereocenters. The van der Waals surface area contributed by atoms with Crippen molar-refractivity contribution < 1.29 is 32.3 Å². The molecule has 36 heavy (non-hydrogen) atoms. The number of thiophene rings is 1. The lowest BCUT2D eigenvalue weighted by Gasteiger charge is -2.13. The Kier molecular flexibility index (Phi) is 8.72. The number of hydrogen-bond donors (Lipinski definition) is 2. The summed E-state index contributed by atoms with van der Waals surface area (Å²) in [5.74, 6) is -2.05. The minimum atomic E-state index is -4.03. The summed E-state index contributed by atoms with van der Waals surface area (Å²) < 4.78 is 38.3. The van der Waals surface area contributed by atoms with Gasteiger partial charge in [0.2, 0.25) is 0 Å². The van der Waals surface area contributed by atoms with Crippen LogP contribution in [-0.4, -0.2) is 39.5 Å². The Balaban J connectivity index is 1.96. The molecule has 3 aromatic rings. The largest absolute Gasteiger partial charge is 0.462 e. The summed E-state index contributed by atoms with van der Waals surface area (Å²) in [5, 5.41) is 3.07. The zero-order valence-electron chi connectivity index (χ0n) is 19.6. The van der Waals surface area contributed by atoms with Crippen LogP contribution in [0.3, 0.4) is 0 Å². The van der Waals surface area contributed by atoms with Gasteiger partial charge in [0.05, 0.1) is 34.9 Å². The number of ether oxygens (including phenoxy) is 2. The molecule has 12 heteroatoms. The monoisotopic (exact) mass is 550 g/mol. The summed E-state index contributed by atoms with van der Waals surface area (Å²) >= 11 is 6.71. The van der Waals surface area contributed by atoms with Crippen LogP contribution in [0.1, 0.15) is 49.8 Å². The Hall–Kier alpha value is -3.41. The standard InChI is InChI=1S/C24H23ClN2O7S2/c1-4-33-23(29)19-14(3)20(24(30)34-5-2)35-22(19)26-21(28)17-8-6-7-9-18(17)27-36(31,32)16-12-10-15(25)11-13-16/h6-13,27H,4-5H2,1-3H3,(H,26,28). The van der Waals surface area contributed by atoms with Crippen molar-refractivity contribution in [1.29, 1.82) is 0 Å². The zero-order valence-corrected chi connectivity index (χ0v) is 22.0. The van der Waals surface area contributed by atoms with Gasteiger partial charge in [-0.3, -0.25) is 9.52 Å². The van der Waals surface area contributed by atoms with Crippen molar-refractivity contribution in [2.75, 3.05) is 23.3 Å². The molecule has 3 rings (SSSR count). The molecule has 1 heterocycles. The number of nitrogens with one attached hydrogen (secondary N) is 2. The molecule has 2 aromatic carbocycles. The van der Waals surface area contributed by atoms with E-state index in [0.717, 1.165) is 11.3 Å². The van der Waals surface area contributed by atoms with Gasteiger partial charge in [0.15, 0.2) is 0 Å². The highest BCUT2D eigenvalue weighted by molar-refractivity contribution is 7.92. The van der Waals surface area contributed by atoms with Crippen molar-refractivity contribution in [2.45, 2.75) is 25.7 Å². The molecule has 190 valence electrons. The molecule has 1 amide bonds. The minimum Gasteiger partial charge on any atom is -0.462 e. The number of hydrogen-bond acceptors (Lipinski definition) is 8. The van der Waals surface area contributed by atoms with Crippen molar-refractivity contribution in [3.63, 3.8) is 0 Å². The van der Waals surface area contributed by atoms with Crippen LogP contribution in [0, 0.1) is 6.92 Å². The van der Waals surface area contributed by atoms with Gasteiger partial charge < -0.3 is 14.8 Å². The first-order valence-corrected chi connectivity index (χ1v) is 13.4. The van der Waals surface area contributed by atoms with Crippen LogP contribution >= 0.6 is 22.9 Å². The summed E-state index contributed by atoms with van der Waals surface area (Å²) in [6.45, 7) is 5.06. The molecule has 0 saturated heterocycles. The quantitative estimate of drug-likeness (QED) is 0.354. The zero-order chi connectivity index (χ0) is 26.5. The Morgan fingerprint density at radius 1 is 0.944 bits per heavy atom. The van der Waals surface area contributed by atoms with E-state index >= 15 is 0 Å². The van der Waals surface area contributed by atoms with E-state index in [1.807, 2.05) is 0 Å². The van der Waals surface area contributed by atoms with Gasteiger partial charge in [-0.25, -0.2) is 18.0 Å². The minimum absolute atomic E-state index is 0.00594. The molecule has 0 aliphatic heterocycles. The van der Waals surface area contributed by atoms with E-state index in [4.69, 9.17) is 21.1 Å². The smallest absolute Gasteiger partial charge is 0.348 e. The third-order valence-electron chi connectivity index (χ3n) is 4.85. The normalized spacial score (nSPS) is 11.0. The van der Waals surface area contributed by atoms with E-state index in [2.05, 4.69) is 10.0 Å². The number of para-hydroxylation sites is 1. The Morgan fingerprint density at radius 2 is 1.56 bits per heavy atom. The second-order valence-corrected chi connectivity index (χ2v) is 10.4. The van der Waals surface area contributed by atoms with Crippen molar-refractivity contribution >= 4 is 61.5 Å². The van der Waals surface area contributed by atoms with Gasteiger partial charge in [0, 0.05) is 5.02 Å². The molecular weight excluding hydrogens is 528 g/mol. The van der Waals surface area contributed by atoms with Gasteiger partial charge in [0.1, 0.15) is 9.88 Å². The Morgan fingerprint density at radius 3 is 2.19 bits per heavy atom. The van der Waals surface area contributed by atoms with Crippen LogP contribution < -0.4 is 10.0 Å². The van der Waals surface area contributed by atoms with Crippen molar-refractivity contribution in [3.05, 3.63) is 75.1 Å². The maximum Gasteiger partial charge on any atom is 0.348 e. The number of amides is 1. The summed E-state index contributed by atoms with van der Waals surface area (Å²) in [7, 11) is -4.03. The average Bonchev–Trinajstić information content (AvgIpc) is 3.15. The number of esters is 2. The molecule has 0 spiro atoms. The second kappa shape index (κ2) is 11.5. The fourth-order valence-electron chi connectivity index (χ4n) is 3.20. The van der Waals surface area contributed by atoms with E-state index in [9.17, 15) is 22.8 Å². The van der Waals surface area contributed by atoms with Crippen molar-refractivity contribution in [1.82, 2.24) is 0 Å². The topological polar surface area (TPSA) is 128 Å². The van der Waals surface area contributed by atoms with E-state index < -0.39 is 27.9 Å². The van der Waals surface area contributed by atoms with Gasteiger partial charge in [-0.1, -0.05) is 23.7 Å². The first kappa shape index (κ1) is 27.2. The fraction of sp³-hybridized carbons (Fsp3) is 0.208. The Labute approximate surface area is 217 Å². The molecule has 2 N–H and O–H groups in total. The van der Waals surface area contributed by atoms with Gasteiger partial charge in [0.25, 0.3) is 15.9 Å². The van der Waals surface area contributed by atoms with Gasteiger partial charge in [-0.2, -0.15) is 0 Å². The number of anilines is 2. The van der Waals surface area contributed by atoms with E-state index in [1.54, 1.807) is 32.9 Å². The fourth-order valence-corrected chi connectivity index (χ4v) is 5.49. The van der Waals surface area contributed by atoms with Gasteiger partial charge in [-0.05, 0) is 62.7 Å². The maximum absolute atomic E-state index is 13.2. The molecule has 0 fully saturated rings. The Bertz CT molecular complexity index is 1400. The third kappa shape index (κ3) is 6.04. The van der Waals surface area contributed by atoms with Crippen LogP contribution in [0.4, 0.5) is 10.7 Å². The summed E-state index contributed by atoms with van der Waals surface area (Å²) in [6.07, 6.45) is 0. The molecule has 0 aliphatic carbocycles. The summed E-state index contributed by atoms with van der Waals surface area (Å²) in [5.41, 5.74) is 0.344. The number of benzene rings is 2. The van der Waals surface area contributed by atoms with Crippen molar-refractivity contribution in [3.8, 4) is 0 Å². The molecule has 0 atom stereocenters. The number of sulfonamides is 1. The lowest BCUT2D eigenvalue weighted by molar-refractivity contribution is 0.0527. The SMILES string of the molecule is CCOC(=O)c1sc(NC(=O)c2ccccc2NS(=O)(=O)c2ccc(Cl)cc2)c(C(=O)OCC)c1C. The number of halogens is 1. The molecule has 0 radical (unpaired) electrons. The van der Waals surface area contributed by atoms with Crippen LogP contribution in [0.25, 0.3) is 0 Å². The van der Waals surface area contributed by atoms with Gasteiger partial charge >= 0.3 is 11.9 Å². The highest BCUT2D eigenvalue weighted by atomic mass is 35.5. The molecule has 0 bridgehead atoms. The predicted octanol–water partition coefficient (Wildman–Crippen LogP) is 5.12. The number of carbonyl (C=O) groups excluding carboxylic acids is 3. The van der Waals surface area contributed by atoms with Crippen LogP contribution in [0.5, 0.6) is 0 Å². The van der Waals surface area contributed by atoms with Crippen LogP contribution in [-0.2, 0) is 19.5 Å². The molecule has 0 aliphatic rings. The van der Waals surface area contributed by atoms with Crippen molar-refractivity contribution in [2.24, 2.45) is 0 Å². The van der Waals surface area contributed by atoms with E-state index in [1.165, 1.54) is 36.4 Å². The number of carbonyl (C=O) groups is 3. The molecule has 0 saturated carbocycles. The predicted molar refractivity (Wildman–Crippen MR) is 138 cm³/mol. The van der Waals surface area contributed by atoms with Crippen LogP contribution in [0.15, 0.2) is 53.4 Å². The first-order valence-electron chi connectivity index (χ1n) is 10.7. The van der Waals surface area contributed by atoms with Crippen LogP contribution in [0.2, 0.25) is 5.02 Å². The summed E-state index contributed by atoms with van der Waals surface area (Å²) in [4.78, 5) is 38.3. The average molecular weight is 551 g/mol.